The van der Waals surface area contributed by atoms with Crippen molar-refractivity contribution < 1.29 is 9.53 Å². The number of carbonyl (C=O) groups is 1. The van der Waals surface area contributed by atoms with Gasteiger partial charge in [0.2, 0.25) is 0 Å². The average Bonchev–Trinajstić information content (AvgIpc) is 2.95. The molecule has 1 N–H and O–H groups in total. The molecule has 1 aliphatic rings. The Balaban J connectivity index is 1.71. The summed E-state index contributed by atoms with van der Waals surface area (Å²) >= 11 is 1.71. The number of thiazole rings is 1. The van der Waals surface area contributed by atoms with Crippen LogP contribution in [0.25, 0.3) is 10.2 Å². The van der Waals surface area contributed by atoms with Crippen LogP contribution in [0.5, 0.6) is 0 Å². The molecule has 1 atom stereocenters. The molecule has 6 nitrogen and oxygen atoms in total. The van der Waals surface area contributed by atoms with Gasteiger partial charge in [0.15, 0.2) is 5.13 Å². The maximum Gasteiger partial charge on any atom is 0.407 e. The lowest BCUT2D eigenvalue weighted by atomic mass is 10.2. The number of benzene rings is 1. The number of anilines is 1. The van der Waals surface area contributed by atoms with Crippen molar-refractivity contribution in [1.29, 1.82) is 0 Å². The Labute approximate surface area is 152 Å². The number of likely N-dealkylation sites (N-methyl/N-ethyl adjacent to an activating group) is 1. The minimum atomic E-state index is -0.486. The van der Waals surface area contributed by atoms with Crippen LogP contribution in [-0.2, 0) is 4.74 Å². The molecule has 0 saturated carbocycles. The highest BCUT2D eigenvalue weighted by atomic mass is 32.1. The molecule has 1 aromatic heterocycles. The van der Waals surface area contributed by atoms with Gasteiger partial charge in [-0.15, -0.1) is 0 Å². The number of nitrogens with zero attached hydrogens (tertiary/aromatic N) is 3. The Morgan fingerprint density at radius 3 is 2.84 bits per heavy atom. The van der Waals surface area contributed by atoms with Crippen LogP contribution in [0.4, 0.5) is 9.93 Å². The van der Waals surface area contributed by atoms with E-state index in [2.05, 4.69) is 28.2 Å². The second kappa shape index (κ2) is 7.17. The predicted octanol–water partition coefficient (Wildman–Crippen LogP) is 2.94. The number of rotatable bonds is 3. The third kappa shape index (κ3) is 4.61. The summed E-state index contributed by atoms with van der Waals surface area (Å²) in [4.78, 5) is 21.4. The molecule has 25 heavy (non-hydrogen) atoms. The van der Waals surface area contributed by atoms with E-state index in [1.807, 2.05) is 39.0 Å². The Kier molecular flexibility index (Phi) is 5.15. The lowest BCUT2D eigenvalue weighted by Crippen LogP contribution is -2.56. The number of nitrogens with one attached hydrogen (secondary N) is 1. The summed E-state index contributed by atoms with van der Waals surface area (Å²) < 4.78 is 6.54. The highest BCUT2D eigenvalue weighted by Crippen LogP contribution is 2.30. The van der Waals surface area contributed by atoms with Gasteiger partial charge in [-0.1, -0.05) is 23.5 Å². The number of alkyl carbamates (subject to hydrolysis) is 1. The van der Waals surface area contributed by atoms with Gasteiger partial charge in [-0.2, -0.15) is 0 Å². The number of para-hydroxylation sites is 1. The summed E-state index contributed by atoms with van der Waals surface area (Å²) in [5, 5.41) is 3.93. The molecule has 1 amide bonds. The first-order valence-corrected chi connectivity index (χ1v) is 9.41. The topological polar surface area (TPSA) is 57.7 Å². The van der Waals surface area contributed by atoms with E-state index in [0.717, 1.165) is 30.3 Å². The van der Waals surface area contributed by atoms with Gasteiger partial charge in [-0.25, -0.2) is 9.78 Å². The van der Waals surface area contributed by atoms with Gasteiger partial charge in [-0.3, -0.25) is 0 Å². The number of carbonyl (C=O) groups excluding carboxylic acids is 1. The van der Waals surface area contributed by atoms with E-state index in [-0.39, 0.29) is 12.1 Å². The molecule has 1 fully saturated rings. The third-order valence-corrected chi connectivity index (χ3v) is 5.17. The number of hydrogen-bond acceptors (Lipinski definition) is 6. The van der Waals surface area contributed by atoms with Gasteiger partial charge < -0.3 is 19.9 Å². The summed E-state index contributed by atoms with van der Waals surface area (Å²) in [5.41, 5.74) is 0.542. The fourth-order valence-corrected chi connectivity index (χ4v) is 4.00. The Bertz CT molecular complexity index is 707. The number of ether oxygens (including phenoxy) is 1. The van der Waals surface area contributed by atoms with Gasteiger partial charge in [0.1, 0.15) is 5.60 Å². The molecule has 2 heterocycles. The quantitative estimate of drug-likeness (QED) is 0.910. The number of hydrogen-bond donors (Lipinski definition) is 1. The zero-order chi connectivity index (χ0) is 18.0. The molecule has 136 valence electrons. The SMILES string of the molecule is CN1CCN(c2nc3ccccc3s2)[C@@H](CNC(=O)OC(C)(C)C)C1. The van der Waals surface area contributed by atoms with Gasteiger partial charge in [-0.05, 0) is 40.0 Å². The minimum absolute atomic E-state index is 0.173. The van der Waals surface area contributed by atoms with Gasteiger partial charge in [0, 0.05) is 26.2 Å². The van der Waals surface area contributed by atoms with Crippen molar-refractivity contribution in [3.05, 3.63) is 24.3 Å². The second-order valence-corrected chi connectivity index (χ2v) is 8.47. The highest BCUT2D eigenvalue weighted by molar-refractivity contribution is 7.22. The molecule has 7 heteroatoms. The zero-order valence-corrected chi connectivity index (χ0v) is 16.1. The summed E-state index contributed by atoms with van der Waals surface area (Å²) in [6, 6.07) is 8.36. The molecule has 1 saturated heterocycles. The first kappa shape index (κ1) is 17.9. The van der Waals surface area contributed by atoms with E-state index >= 15 is 0 Å². The zero-order valence-electron chi connectivity index (χ0n) is 15.3. The predicted molar refractivity (Wildman–Crippen MR) is 102 cm³/mol. The molecule has 1 aliphatic heterocycles. The van der Waals surface area contributed by atoms with E-state index in [9.17, 15) is 4.79 Å². The van der Waals surface area contributed by atoms with Crippen molar-refractivity contribution in [2.45, 2.75) is 32.4 Å². The molecular weight excluding hydrogens is 336 g/mol. The van der Waals surface area contributed by atoms with Crippen LogP contribution < -0.4 is 10.2 Å². The van der Waals surface area contributed by atoms with Crippen LogP contribution in [-0.4, -0.2) is 60.8 Å². The van der Waals surface area contributed by atoms with E-state index in [1.165, 1.54) is 4.70 Å². The number of amides is 1. The van der Waals surface area contributed by atoms with Crippen molar-refractivity contribution in [3.63, 3.8) is 0 Å². The minimum Gasteiger partial charge on any atom is -0.444 e. The van der Waals surface area contributed by atoms with E-state index in [0.29, 0.717) is 6.54 Å². The van der Waals surface area contributed by atoms with Crippen molar-refractivity contribution >= 4 is 32.8 Å². The monoisotopic (exact) mass is 362 g/mol. The van der Waals surface area contributed by atoms with Crippen molar-refractivity contribution in [3.8, 4) is 0 Å². The third-order valence-electron chi connectivity index (χ3n) is 4.10. The largest absolute Gasteiger partial charge is 0.444 e. The first-order valence-electron chi connectivity index (χ1n) is 8.59. The Hall–Kier alpha value is -1.86. The molecular formula is C18H26N4O2S. The molecule has 3 rings (SSSR count). The maximum absolute atomic E-state index is 12.0. The summed E-state index contributed by atoms with van der Waals surface area (Å²) in [6.45, 7) is 8.91. The molecule has 0 spiro atoms. The first-order chi connectivity index (χ1) is 11.8. The van der Waals surface area contributed by atoms with Crippen LogP contribution in [0.1, 0.15) is 20.8 Å². The van der Waals surface area contributed by atoms with Crippen LogP contribution in [0.2, 0.25) is 0 Å². The Morgan fingerprint density at radius 1 is 1.36 bits per heavy atom. The van der Waals surface area contributed by atoms with E-state index < -0.39 is 5.60 Å². The summed E-state index contributed by atoms with van der Waals surface area (Å²) in [7, 11) is 2.11. The fraction of sp³-hybridized carbons (Fsp3) is 0.556. The van der Waals surface area contributed by atoms with E-state index in [1.54, 1.807) is 11.3 Å². The van der Waals surface area contributed by atoms with Gasteiger partial charge in [0.05, 0.1) is 16.3 Å². The van der Waals surface area contributed by atoms with Crippen LogP contribution in [0.3, 0.4) is 0 Å². The average molecular weight is 362 g/mol. The molecule has 0 unspecified atom stereocenters. The number of piperazine rings is 1. The molecule has 0 radical (unpaired) electrons. The van der Waals surface area contributed by atoms with Crippen molar-refractivity contribution in [2.24, 2.45) is 0 Å². The molecule has 0 aliphatic carbocycles. The van der Waals surface area contributed by atoms with Crippen LogP contribution in [0, 0.1) is 0 Å². The van der Waals surface area contributed by atoms with Crippen molar-refractivity contribution in [2.75, 3.05) is 38.1 Å². The highest BCUT2D eigenvalue weighted by Gasteiger charge is 2.28. The van der Waals surface area contributed by atoms with Gasteiger partial charge >= 0.3 is 6.09 Å². The summed E-state index contributed by atoms with van der Waals surface area (Å²) in [6.07, 6.45) is -0.370. The number of fused-ring (bicyclic) bond motifs is 1. The molecule has 0 bridgehead atoms. The molecule has 2 aromatic rings. The second-order valence-electron chi connectivity index (χ2n) is 7.46. The lowest BCUT2D eigenvalue weighted by Gasteiger charge is -2.40. The van der Waals surface area contributed by atoms with Crippen molar-refractivity contribution in [1.82, 2.24) is 15.2 Å². The maximum atomic E-state index is 12.0. The lowest BCUT2D eigenvalue weighted by molar-refractivity contribution is 0.0520. The molecule has 1 aromatic carbocycles. The van der Waals surface area contributed by atoms with Crippen LogP contribution in [0.15, 0.2) is 24.3 Å². The van der Waals surface area contributed by atoms with Crippen LogP contribution >= 0.6 is 11.3 Å². The fourth-order valence-electron chi connectivity index (χ4n) is 2.94. The Morgan fingerprint density at radius 2 is 2.12 bits per heavy atom. The smallest absolute Gasteiger partial charge is 0.407 e. The summed E-state index contributed by atoms with van der Waals surface area (Å²) in [5.74, 6) is 0. The van der Waals surface area contributed by atoms with E-state index in [4.69, 9.17) is 9.72 Å². The normalized spacial score (nSPS) is 19.2. The van der Waals surface area contributed by atoms with Gasteiger partial charge in [0.25, 0.3) is 0 Å². The standard InChI is InChI=1S/C18H26N4O2S/c1-18(2,3)24-17(23)19-11-13-12-21(4)9-10-22(13)16-20-14-7-5-6-8-15(14)25-16/h5-8,13H,9-12H2,1-4H3,(H,19,23)/t13-/m0/s1. The number of aromatic nitrogens is 1.